The van der Waals surface area contributed by atoms with Crippen LogP contribution in [0.1, 0.15) is 31.2 Å². The highest BCUT2D eigenvalue weighted by Gasteiger charge is 2.04. The molecule has 0 aromatic heterocycles. The van der Waals surface area contributed by atoms with Crippen molar-refractivity contribution in [3.8, 4) is 22.2 Å². The smallest absolute Gasteiger partial charge is 0.220 e. The molecule has 0 unspecified atom stereocenters. The predicted octanol–water partition coefficient (Wildman–Crippen LogP) is 2.93. The van der Waals surface area contributed by atoms with Gasteiger partial charge in [-0.25, -0.2) is 0 Å². The minimum atomic E-state index is 0.0174. The molecule has 4 nitrogen and oxygen atoms in total. The summed E-state index contributed by atoms with van der Waals surface area (Å²) in [6.45, 7) is 0.427. The van der Waals surface area contributed by atoms with E-state index in [1.165, 1.54) is 7.11 Å². The van der Waals surface area contributed by atoms with Gasteiger partial charge in [0.25, 0.3) is 0 Å². The first-order chi connectivity index (χ1) is 9.67. The van der Waals surface area contributed by atoms with Crippen LogP contribution in [0.3, 0.4) is 0 Å². The monoisotopic (exact) mass is 339 g/mol. The maximum Gasteiger partial charge on any atom is 0.220 e. The van der Waals surface area contributed by atoms with Gasteiger partial charge in [0, 0.05) is 35.3 Å². The minimum absolute atomic E-state index is 0.0174. The van der Waals surface area contributed by atoms with Gasteiger partial charge in [0.2, 0.25) is 5.91 Å². The topological polar surface area (TPSA) is 58.6 Å². The highest BCUT2D eigenvalue weighted by Crippen LogP contribution is 2.26. The fraction of sp³-hybridized carbons (Fsp3) is 0.400. The van der Waals surface area contributed by atoms with Crippen molar-refractivity contribution in [1.29, 1.82) is 0 Å². The van der Waals surface area contributed by atoms with Gasteiger partial charge < -0.3 is 15.2 Å². The molecule has 0 aliphatic rings. The Labute approximate surface area is 127 Å². The zero-order valence-corrected chi connectivity index (χ0v) is 13.0. The molecule has 0 saturated heterocycles. The van der Waals surface area contributed by atoms with E-state index in [0.717, 1.165) is 24.8 Å². The van der Waals surface area contributed by atoms with Crippen molar-refractivity contribution >= 4 is 21.8 Å². The molecular formula is C15H18BrNO3. The number of rotatable bonds is 7. The molecule has 1 aromatic carbocycles. The van der Waals surface area contributed by atoms with Crippen LogP contribution in [-0.2, 0) is 11.3 Å². The van der Waals surface area contributed by atoms with Crippen LogP contribution in [0.25, 0.3) is 0 Å². The molecule has 0 heterocycles. The molecule has 0 fully saturated rings. The fourth-order valence-corrected chi connectivity index (χ4v) is 1.87. The molecule has 0 radical (unpaired) electrons. The zero-order chi connectivity index (χ0) is 14.8. The lowest BCUT2D eigenvalue weighted by Gasteiger charge is -2.08. The summed E-state index contributed by atoms with van der Waals surface area (Å²) >= 11 is 3.03. The quantitative estimate of drug-likeness (QED) is 0.593. The van der Waals surface area contributed by atoms with Crippen molar-refractivity contribution in [2.24, 2.45) is 0 Å². The van der Waals surface area contributed by atoms with E-state index in [2.05, 4.69) is 32.0 Å². The Hall–Kier alpha value is -1.67. The molecule has 0 spiro atoms. The van der Waals surface area contributed by atoms with Crippen LogP contribution in [0.4, 0.5) is 0 Å². The summed E-state index contributed by atoms with van der Waals surface area (Å²) in [6.07, 6.45) is 3.04. The fourth-order valence-electron chi connectivity index (χ4n) is 1.67. The lowest BCUT2D eigenvalue weighted by molar-refractivity contribution is -0.121. The summed E-state index contributed by atoms with van der Waals surface area (Å²) in [5, 5.41) is 12.3. The molecule has 1 aromatic rings. The van der Waals surface area contributed by atoms with Crippen LogP contribution in [0.2, 0.25) is 0 Å². The van der Waals surface area contributed by atoms with Crippen LogP contribution in [0.15, 0.2) is 18.2 Å². The van der Waals surface area contributed by atoms with Crippen molar-refractivity contribution in [3.05, 3.63) is 23.8 Å². The first-order valence-electron chi connectivity index (χ1n) is 6.38. The Morgan fingerprint density at radius 2 is 2.25 bits per heavy atom. The summed E-state index contributed by atoms with van der Waals surface area (Å²) in [4.78, 5) is 14.3. The first-order valence-corrected chi connectivity index (χ1v) is 7.17. The summed E-state index contributed by atoms with van der Waals surface area (Å²) in [5.41, 5.74) is 0.887. The molecule has 20 heavy (non-hydrogen) atoms. The third-order valence-electron chi connectivity index (χ3n) is 2.76. The molecule has 0 aliphatic heterocycles. The number of phenols is 1. The number of halogens is 1. The second-order valence-corrected chi connectivity index (χ2v) is 4.66. The number of benzene rings is 1. The van der Waals surface area contributed by atoms with Gasteiger partial charge in [-0.15, -0.1) is 0 Å². The van der Waals surface area contributed by atoms with E-state index >= 15 is 0 Å². The predicted molar refractivity (Wildman–Crippen MR) is 81.7 cm³/mol. The van der Waals surface area contributed by atoms with Crippen LogP contribution >= 0.6 is 15.9 Å². The number of unbranched alkanes of at least 4 members (excludes halogenated alkanes) is 2. The van der Waals surface area contributed by atoms with Gasteiger partial charge in [-0.3, -0.25) is 4.79 Å². The van der Waals surface area contributed by atoms with Crippen LogP contribution in [0.5, 0.6) is 11.5 Å². The Morgan fingerprint density at radius 3 is 2.95 bits per heavy atom. The average molecular weight is 340 g/mol. The molecule has 5 heteroatoms. The molecule has 1 amide bonds. The molecule has 0 saturated carbocycles. The Bertz CT molecular complexity index is 506. The van der Waals surface area contributed by atoms with Crippen molar-refractivity contribution in [1.82, 2.24) is 5.32 Å². The number of amides is 1. The molecular weight excluding hydrogens is 322 g/mol. The van der Waals surface area contributed by atoms with E-state index < -0.39 is 0 Å². The molecule has 1 rings (SSSR count). The summed E-state index contributed by atoms with van der Waals surface area (Å²) in [5.74, 6) is 3.41. The number of nitrogens with one attached hydrogen (secondary N) is 1. The number of carbonyl (C=O) groups is 1. The third kappa shape index (κ3) is 5.98. The maximum absolute atomic E-state index is 11.6. The van der Waals surface area contributed by atoms with Crippen molar-refractivity contribution in [2.45, 2.75) is 32.2 Å². The lowest BCUT2D eigenvalue weighted by atomic mass is 10.1. The van der Waals surface area contributed by atoms with E-state index in [4.69, 9.17) is 4.74 Å². The standard InChI is InChI=1S/C15H18BrNO3/c1-20-14-10-12(7-8-13(14)18)11-17-15(19)6-4-2-3-5-9-16/h7-8,10,18H,2-4,6,11H2,1H3,(H,17,19). The van der Waals surface area contributed by atoms with Gasteiger partial charge >= 0.3 is 0 Å². The minimum Gasteiger partial charge on any atom is -0.504 e. The molecule has 0 atom stereocenters. The van der Waals surface area contributed by atoms with E-state index in [1.54, 1.807) is 18.2 Å². The average Bonchev–Trinajstić information content (AvgIpc) is 2.46. The summed E-state index contributed by atoms with van der Waals surface area (Å²) < 4.78 is 5.02. The Kier molecular flexibility index (Phi) is 7.59. The second kappa shape index (κ2) is 9.27. The van der Waals surface area contributed by atoms with E-state index in [9.17, 15) is 9.90 Å². The normalized spacial score (nSPS) is 9.50. The first kappa shape index (κ1) is 16.4. The van der Waals surface area contributed by atoms with Crippen molar-refractivity contribution < 1.29 is 14.6 Å². The summed E-state index contributed by atoms with van der Waals surface area (Å²) in [7, 11) is 1.49. The van der Waals surface area contributed by atoms with Crippen molar-refractivity contribution in [3.63, 3.8) is 0 Å². The maximum atomic E-state index is 11.6. The van der Waals surface area contributed by atoms with Gasteiger partial charge in [0.1, 0.15) is 0 Å². The highest BCUT2D eigenvalue weighted by molar-refractivity contribution is 9.12. The van der Waals surface area contributed by atoms with Gasteiger partial charge in [0.05, 0.1) is 7.11 Å². The zero-order valence-electron chi connectivity index (χ0n) is 11.4. The molecule has 0 bridgehead atoms. The van der Waals surface area contributed by atoms with Gasteiger partial charge in [-0.2, -0.15) is 0 Å². The highest BCUT2D eigenvalue weighted by atomic mass is 79.9. The number of hydrogen-bond donors (Lipinski definition) is 2. The largest absolute Gasteiger partial charge is 0.504 e. The lowest BCUT2D eigenvalue weighted by Crippen LogP contribution is -2.22. The number of ether oxygens (including phenoxy) is 1. The molecule has 2 N–H and O–H groups in total. The SMILES string of the molecule is COc1cc(CNC(=O)CCCCC#CBr)ccc1O. The van der Waals surface area contributed by atoms with E-state index in [0.29, 0.717) is 18.7 Å². The van der Waals surface area contributed by atoms with E-state index in [1.807, 2.05) is 0 Å². The number of phenolic OH excluding ortho intramolecular Hbond substituents is 1. The van der Waals surface area contributed by atoms with Gasteiger partial charge in [-0.05, 0) is 35.4 Å². The number of methoxy groups -OCH3 is 1. The molecule has 108 valence electrons. The summed E-state index contributed by atoms with van der Waals surface area (Å²) in [6, 6.07) is 5.02. The van der Waals surface area contributed by atoms with Gasteiger partial charge in [0.15, 0.2) is 11.5 Å². The third-order valence-corrected chi connectivity index (χ3v) is 3.04. The van der Waals surface area contributed by atoms with Crippen LogP contribution in [0, 0.1) is 10.8 Å². The van der Waals surface area contributed by atoms with Crippen LogP contribution in [-0.4, -0.2) is 18.1 Å². The molecule has 0 aliphatic carbocycles. The van der Waals surface area contributed by atoms with Crippen molar-refractivity contribution in [2.75, 3.05) is 7.11 Å². The van der Waals surface area contributed by atoms with Crippen LogP contribution < -0.4 is 10.1 Å². The Balaban J connectivity index is 2.31. The number of hydrogen-bond acceptors (Lipinski definition) is 3. The van der Waals surface area contributed by atoms with Gasteiger partial charge in [-0.1, -0.05) is 12.0 Å². The Morgan fingerprint density at radius 1 is 1.45 bits per heavy atom. The van der Waals surface area contributed by atoms with E-state index in [-0.39, 0.29) is 11.7 Å². The number of carbonyl (C=O) groups excluding carboxylic acids is 1. The number of aromatic hydroxyl groups is 1. The second-order valence-electron chi connectivity index (χ2n) is 4.26.